The number of benzene rings is 1. The van der Waals surface area contributed by atoms with Crippen molar-refractivity contribution in [3.8, 4) is 0 Å². The minimum atomic E-state index is -3.46. The zero-order valence-corrected chi connectivity index (χ0v) is 17.2. The molecule has 3 aromatic rings. The molecule has 2 aliphatic rings. The number of nitrogens with zero attached hydrogens (tertiary/aromatic N) is 4. The highest BCUT2D eigenvalue weighted by Crippen LogP contribution is 2.24. The number of fused-ring (bicyclic) bond motifs is 3. The second kappa shape index (κ2) is 7.75. The molecule has 0 bridgehead atoms. The monoisotopic (exact) mass is 433 g/mol. The maximum absolute atomic E-state index is 12.8. The lowest BCUT2D eigenvalue weighted by Gasteiger charge is -2.37. The van der Waals surface area contributed by atoms with Crippen molar-refractivity contribution in [2.75, 3.05) is 52.5 Å². The Labute approximate surface area is 173 Å². The second-order valence-corrected chi connectivity index (χ2v) is 9.41. The molecule has 30 heavy (non-hydrogen) atoms. The fraction of sp³-hybridized carbons (Fsp3) is 0.474. The highest BCUT2D eigenvalue weighted by molar-refractivity contribution is 7.86. The number of aromatic amines is 1. The molecule has 0 atom stereocenters. The topological polar surface area (TPSA) is 112 Å². The van der Waals surface area contributed by atoms with Gasteiger partial charge in [0.15, 0.2) is 0 Å². The number of para-hydroxylation sites is 1. The third-order valence-electron chi connectivity index (χ3n) is 5.61. The minimum absolute atomic E-state index is 0.223. The summed E-state index contributed by atoms with van der Waals surface area (Å²) in [5.74, 6) is 0.545. The van der Waals surface area contributed by atoms with Crippen LogP contribution in [0.3, 0.4) is 0 Å². The van der Waals surface area contributed by atoms with Crippen molar-refractivity contribution in [3.63, 3.8) is 0 Å². The van der Waals surface area contributed by atoms with Crippen LogP contribution in [0.5, 0.6) is 0 Å². The molecule has 1 aromatic carbocycles. The van der Waals surface area contributed by atoms with Gasteiger partial charge in [-0.15, -0.1) is 0 Å². The van der Waals surface area contributed by atoms with Crippen LogP contribution < -0.4 is 5.56 Å². The lowest BCUT2D eigenvalue weighted by Crippen LogP contribution is -2.54. The Morgan fingerprint density at radius 2 is 1.70 bits per heavy atom. The number of hydrogen-bond acceptors (Lipinski definition) is 7. The highest BCUT2D eigenvalue weighted by Gasteiger charge is 2.33. The molecule has 0 saturated carbocycles. The van der Waals surface area contributed by atoms with E-state index in [0.29, 0.717) is 76.0 Å². The summed E-state index contributed by atoms with van der Waals surface area (Å²) in [7, 11) is -3.46. The Kier molecular flexibility index (Phi) is 5.07. The fourth-order valence-corrected chi connectivity index (χ4v) is 5.56. The largest absolute Gasteiger partial charge is 0.449 e. The van der Waals surface area contributed by atoms with Gasteiger partial charge in [-0.1, -0.05) is 12.1 Å². The van der Waals surface area contributed by atoms with Crippen LogP contribution in [0, 0.1) is 0 Å². The first-order valence-electron chi connectivity index (χ1n) is 9.98. The number of morpholine rings is 1. The normalized spacial score (nSPS) is 20.3. The highest BCUT2D eigenvalue weighted by atomic mass is 32.2. The van der Waals surface area contributed by atoms with Gasteiger partial charge in [-0.05, 0) is 12.1 Å². The van der Waals surface area contributed by atoms with Gasteiger partial charge >= 0.3 is 0 Å². The SMILES string of the molecule is O=c1[nH]c(CN2CCN(S(=O)(=O)N3CCOCC3)CC2)nc2c1oc1ccccc12. The van der Waals surface area contributed by atoms with E-state index in [1.54, 1.807) is 0 Å². The van der Waals surface area contributed by atoms with Gasteiger partial charge in [0.05, 0.1) is 19.8 Å². The van der Waals surface area contributed by atoms with E-state index in [1.807, 2.05) is 24.3 Å². The number of hydrogen-bond donors (Lipinski definition) is 1. The molecule has 0 radical (unpaired) electrons. The van der Waals surface area contributed by atoms with Crippen molar-refractivity contribution in [1.82, 2.24) is 23.5 Å². The summed E-state index contributed by atoms with van der Waals surface area (Å²) in [6.07, 6.45) is 0. The Bertz CT molecular complexity index is 1220. The number of furan rings is 1. The standard InChI is InChI=1S/C19H23N5O5S/c25-19-18-17(14-3-1-2-4-15(14)29-18)20-16(21-19)13-22-5-7-23(8-6-22)30(26,27)24-9-11-28-12-10-24/h1-4H,5-13H2,(H,20,21,25). The average molecular weight is 433 g/mol. The number of H-pyrrole nitrogens is 1. The Balaban J connectivity index is 1.30. The summed E-state index contributed by atoms with van der Waals surface area (Å²) in [6.45, 7) is 4.04. The van der Waals surface area contributed by atoms with Crippen molar-refractivity contribution < 1.29 is 17.6 Å². The molecule has 11 heteroatoms. The summed E-state index contributed by atoms with van der Waals surface area (Å²) >= 11 is 0. The lowest BCUT2D eigenvalue weighted by molar-refractivity contribution is 0.0683. The maximum atomic E-state index is 12.8. The first-order chi connectivity index (χ1) is 14.5. The Hall–Kier alpha value is -2.31. The van der Waals surface area contributed by atoms with E-state index in [1.165, 1.54) is 8.61 Å². The first kappa shape index (κ1) is 19.6. The summed E-state index contributed by atoms with van der Waals surface area (Å²) < 4.78 is 39.5. The van der Waals surface area contributed by atoms with Crippen LogP contribution in [-0.2, 0) is 21.5 Å². The maximum Gasteiger partial charge on any atom is 0.294 e. The number of nitrogens with one attached hydrogen (secondary N) is 1. The van der Waals surface area contributed by atoms with E-state index >= 15 is 0 Å². The van der Waals surface area contributed by atoms with E-state index in [4.69, 9.17) is 9.15 Å². The van der Waals surface area contributed by atoms with Gasteiger partial charge in [0.25, 0.3) is 15.8 Å². The fourth-order valence-electron chi connectivity index (χ4n) is 3.99. The zero-order chi connectivity index (χ0) is 20.7. The number of rotatable bonds is 4. The van der Waals surface area contributed by atoms with Gasteiger partial charge in [0, 0.05) is 44.7 Å². The predicted octanol–water partition coefficient (Wildman–Crippen LogP) is 0.364. The number of piperazine rings is 1. The summed E-state index contributed by atoms with van der Waals surface area (Å²) in [5, 5.41) is 0.807. The summed E-state index contributed by atoms with van der Waals surface area (Å²) in [6, 6.07) is 7.43. The lowest BCUT2D eigenvalue weighted by atomic mass is 10.2. The van der Waals surface area contributed by atoms with E-state index in [-0.39, 0.29) is 11.1 Å². The quantitative estimate of drug-likeness (QED) is 0.632. The zero-order valence-electron chi connectivity index (χ0n) is 16.4. The molecule has 5 rings (SSSR count). The van der Waals surface area contributed by atoms with E-state index in [9.17, 15) is 13.2 Å². The van der Waals surface area contributed by atoms with Gasteiger partial charge in [0.2, 0.25) is 5.58 Å². The molecule has 2 aliphatic heterocycles. The van der Waals surface area contributed by atoms with Crippen LogP contribution in [0.2, 0.25) is 0 Å². The summed E-state index contributed by atoms with van der Waals surface area (Å²) in [5.41, 5.74) is 1.10. The average Bonchev–Trinajstić information content (AvgIpc) is 3.14. The Morgan fingerprint density at radius 3 is 2.47 bits per heavy atom. The van der Waals surface area contributed by atoms with Crippen LogP contribution in [0.15, 0.2) is 33.5 Å². The van der Waals surface area contributed by atoms with Gasteiger partial charge in [0.1, 0.15) is 16.9 Å². The molecule has 2 fully saturated rings. The molecular formula is C19H23N5O5S. The van der Waals surface area contributed by atoms with Crippen LogP contribution in [0.4, 0.5) is 0 Å². The number of aromatic nitrogens is 2. The van der Waals surface area contributed by atoms with Crippen LogP contribution in [0.1, 0.15) is 5.82 Å². The molecule has 0 aliphatic carbocycles. The van der Waals surface area contributed by atoms with Crippen LogP contribution in [0.25, 0.3) is 22.1 Å². The smallest absolute Gasteiger partial charge is 0.294 e. The van der Waals surface area contributed by atoms with Crippen molar-refractivity contribution in [1.29, 1.82) is 0 Å². The van der Waals surface area contributed by atoms with Crippen LogP contribution >= 0.6 is 0 Å². The van der Waals surface area contributed by atoms with Gasteiger partial charge < -0.3 is 14.1 Å². The van der Waals surface area contributed by atoms with Gasteiger partial charge in [-0.2, -0.15) is 17.0 Å². The molecule has 2 aromatic heterocycles. The Morgan fingerprint density at radius 1 is 1.00 bits per heavy atom. The third-order valence-corrected chi connectivity index (χ3v) is 7.64. The predicted molar refractivity (Wildman–Crippen MR) is 110 cm³/mol. The molecule has 0 amide bonds. The van der Waals surface area contributed by atoms with E-state index < -0.39 is 10.2 Å². The van der Waals surface area contributed by atoms with Gasteiger partial charge in [-0.25, -0.2) is 4.98 Å². The van der Waals surface area contributed by atoms with Crippen molar-refractivity contribution in [2.45, 2.75) is 6.54 Å². The molecule has 10 nitrogen and oxygen atoms in total. The van der Waals surface area contributed by atoms with Gasteiger partial charge in [-0.3, -0.25) is 9.69 Å². The molecular weight excluding hydrogens is 410 g/mol. The third kappa shape index (κ3) is 3.52. The molecule has 160 valence electrons. The van der Waals surface area contributed by atoms with Crippen molar-refractivity contribution >= 4 is 32.3 Å². The summed E-state index contributed by atoms with van der Waals surface area (Å²) in [4.78, 5) is 22.0. The first-order valence-corrected chi connectivity index (χ1v) is 11.4. The van der Waals surface area contributed by atoms with E-state index in [0.717, 1.165) is 5.39 Å². The molecule has 1 N–H and O–H groups in total. The minimum Gasteiger partial charge on any atom is -0.449 e. The van der Waals surface area contributed by atoms with Crippen LogP contribution in [-0.4, -0.2) is 84.4 Å². The van der Waals surface area contributed by atoms with Crippen molar-refractivity contribution in [3.05, 3.63) is 40.4 Å². The van der Waals surface area contributed by atoms with E-state index in [2.05, 4.69) is 14.9 Å². The molecule has 0 unspecified atom stereocenters. The second-order valence-electron chi connectivity index (χ2n) is 7.48. The van der Waals surface area contributed by atoms with Crippen molar-refractivity contribution in [2.24, 2.45) is 0 Å². The number of ether oxygens (including phenoxy) is 1. The molecule has 0 spiro atoms. The molecule has 2 saturated heterocycles. The molecule has 4 heterocycles.